The van der Waals surface area contributed by atoms with Gasteiger partial charge >= 0.3 is 5.69 Å². The molecular formula is C23H20N6O3. The van der Waals surface area contributed by atoms with Crippen molar-refractivity contribution in [2.75, 3.05) is 10.7 Å². The second-order valence-electron chi connectivity index (χ2n) is 7.15. The summed E-state index contributed by atoms with van der Waals surface area (Å²) in [6, 6.07) is 18.1. The Bertz CT molecular complexity index is 1330. The van der Waals surface area contributed by atoms with Gasteiger partial charge in [0.15, 0.2) is 0 Å². The van der Waals surface area contributed by atoms with Crippen molar-refractivity contribution < 1.29 is 9.72 Å². The number of aryl methyl sites for hydroxylation is 1. The highest BCUT2D eigenvalue weighted by molar-refractivity contribution is 6.00. The van der Waals surface area contributed by atoms with E-state index in [0.29, 0.717) is 0 Å². The Morgan fingerprint density at radius 3 is 2.84 bits per heavy atom. The third kappa shape index (κ3) is 4.62. The highest BCUT2D eigenvalue weighted by Crippen LogP contribution is 2.22. The number of hydrazone groups is 1. The van der Waals surface area contributed by atoms with Gasteiger partial charge in [0.1, 0.15) is 6.54 Å². The average Bonchev–Trinajstić information content (AvgIpc) is 3.11. The normalized spacial score (nSPS) is 11.0. The van der Waals surface area contributed by atoms with Crippen molar-refractivity contribution in [1.29, 1.82) is 0 Å². The summed E-state index contributed by atoms with van der Waals surface area (Å²) < 4.78 is 1.84. The minimum Gasteiger partial charge on any atom is -0.337 e. The van der Waals surface area contributed by atoms with E-state index >= 15 is 0 Å². The molecule has 2 heterocycles. The average molecular weight is 428 g/mol. The van der Waals surface area contributed by atoms with Gasteiger partial charge in [-0.2, -0.15) is 5.10 Å². The summed E-state index contributed by atoms with van der Waals surface area (Å²) in [6.45, 7) is 2.09. The maximum Gasteiger partial charge on any atom is 0.313 e. The zero-order valence-electron chi connectivity index (χ0n) is 17.2. The molecule has 32 heavy (non-hydrogen) atoms. The molecule has 0 fully saturated rings. The van der Waals surface area contributed by atoms with Crippen LogP contribution in [0.3, 0.4) is 0 Å². The maximum absolute atomic E-state index is 12.6. The van der Waals surface area contributed by atoms with Gasteiger partial charge in [-0.25, -0.2) is 4.98 Å². The summed E-state index contributed by atoms with van der Waals surface area (Å²) >= 11 is 0. The van der Waals surface area contributed by atoms with Crippen LogP contribution in [0.4, 0.5) is 17.2 Å². The number of hydrogen-bond acceptors (Lipinski definition) is 6. The fraction of sp³-hybridized carbons (Fsp3) is 0.0870. The maximum atomic E-state index is 12.6. The molecule has 9 nitrogen and oxygen atoms in total. The predicted molar refractivity (Wildman–Crippen MR) is 124 cm³/mol. The van der Waals surface area contributed by atoms with Crippen molar-refractivity contribution in [2.45, 2.75) is 13.5 Å². The van der Waals surface area contributed by atoms with E-state index in [0.717, 1.165) is 27.7 Å². The van der Waals surface area contributed by atoms with Crippen LogP contribution in [-0.4, -0.2) is 26.6 Å². The number of aromatic nitrogens is 2. The van der Waals surface area contributed by atoms with E-state index in [2.05, 4.69) is 20.8 Å². The third-order valence-corrected chi connectivity index (χ3v) is 4.79. The molecule has 0 spiro atoms. The van der Waals surface area contributed by atoms with Gasteiger partial charge in [-0.3, -0.25) is 20.3 Å². The van der Waals surface area contributed by atoms with Crippen LogP contribution in [0, 0.1) is 17.0 Å². The Morgan fingerprint density at radius 1 is 1.19 bits per heavy atom. The highest BCUT2D eigenvalue weighted by atomic mass is 16.6. The first-order valence-corrected chi connectivity index (χ1v) is 9.84. The summed E-state index contributed by atoms with van der Waals surface area (Å²) in [5.41, 5.74) is 5.90. The quantitative estimate of drug-likeness (QED) is 0.258. The zero-order valence-corrected chi connectivity index (χ0v) is 17.2. The van der Waals surface area contributed by atoms with E-state index in [1.807, 2.05) is 66.2 Å². The SMILES string of the molecule is Cc1cccc(NC(=O)Cn2cc(/C=N\Nc3ncccc3[N+](=O)[O-])c3ccccc32)c1. The van der Waals surface area contributed by atoms with E-state index < -0.39 is 4.92 Å². The predicted octanol–water partition coefficient (Wildman–Crippen LogP) is 4.34. The number of hydrogen-bond donors (Lipinski definition) is 2. The van der Waals surface area contributed by atoms with Gasteiger partial charge in [-0.05, 0) is 36.8 Å². The first-order chi connectivity index (χ1) is 15.5. The number of carbonyl (C=O) groups excluding carboxylic acids is 1. The Balaban J connectivity index is 1.54. The molecule has 0 bridgehead atoms. The molecule has 0 aliphatic carbocycles. The van der Waals surface area contributed by atoms with Gasteiger partial charge in [-0.15, -0.1) is 0 Å². The van der Waals surface area contributed by atoms with Crippen molar-refractivity contribution in [3.05, 3.63) is 94.3 Å². The molecule has 9 heteroatoms. The van der Waals surface area contributed by atoms with Gasteiger partial charge in [-0.1, -0.05) is 30.3 Å². The first-order valence-electron chi connectivity index (χ1n) is 9.84. The second kappa shape index (κ2) is 9.09. The summed E-state index contributed by atoms with van der Waals surface area (Å²) in [7, 11) is 0. The number of nitrogens with one attached hydrogen (secondary N) is 2. The van der Waals surface area contributed by atoms with Crippen molar-refractivity contribution in [2.24, 2.45) is 5.10 Å². The van der Waals surface area contributed by atoms with Crippen LogP contribution in [0.5, 0.6) is 0 Å². The van der Waals surface area contributed by atoms with E-state index in [1.54, 1.807) is 6.21 Å². The first kappa shape index (κ1) is 20.7. The van der Waals surface area contributed by atoms with Gasteiger partial charge in [0, 0.05) is 40.6 Å². The Kier molecular flexibility index (Phi) is 5.89. The molecule has 2 aromatic heterocycles. The van der Waals surface area contributed by atoms with Gasteiger partial charge in [0.05, 0.1) is 11.1 Å². The zero-order chi connectivity index (χ0) is 22.5. The lowest BCUT2D eigenvalue weighted by molar-refractivity contribution is -0.384. The van der Waals surface area contributed by atoms with Gasteiger partial charge in [0.2, 0.25) is 11.7 Å². The molecule has 2 N–H and O–H groups in total. The number of benzene rings is 2. The van der Waals surface area contributed by atoms with Crippen molar-refractivity contribution in [3.63, 3.8) is 0 Å². The summed E-state index contributed by atoms with van der Waals surface area (Å²) in [6.07, 6.45) is 4.82. The molecule has 4 aromatic rings. The van der Waals surface area contributed by atoms with Crippen LogP contribution in [-0.2, 0) is 11.3 Å². The number of nitro groups is 1. The van der Waals surface area contributed by atoms with Gasteiger partial charge in [0.25, 0.3) is 0 Å². The topological polar surface area (TPSA) is 114 Å². The number of anilines is 2. The van der Waals surface area contributed by atoms with Crippen LogP contribution in [0.2, 0.25) is 0 Å². The molecule has 1 amide bonds. The highest BCUT2D eigenvalue weighted by Gasteiger charge is 2.14. The summed E-state index contributed by atoms with van der Waals surface area (Å²) in [5.74, 6) is -0.0999. The van der Waals surface area contributed by atoms with Crippen LogP contribution < -0.4 is 10.7 Å². The number of fused-ring (bicyclic) bond motifs is 1. The molecule has 0 aliphatic heterocycles. The molecule has 0 saturated heterocycles. The molecule has 0 aliphatic rings. The van der Waals surface area contributed by atoms with Crippen LogP contribution in [0.25, 0.3) is 10.9 Å². The third-order valence-electron chi connectivity index (χ3n) is 4.79. The summed E-state index contributed by atoms with van der Waals surface area (Å²) in [4.78, 5) is 27.1. The van der Waals surface area contributed by atoms with Crippen molar-refractivity contribution >= 4 is 40.2 Å². The van der Waals surface area contributed by atoms with E-state index in [1.165, 1.54) is 18.3 Å². The lowest BCUT2D eigenvalue weighted by Crippen LogP contribution is -2.18. The van der Waals surface area contributed by atoms with Crippen LogP contribution in [0.1, 0.15) is 11.1 Å². The Hall–Kier alpha value is -4.53. The number of para-hydroxylation sites is 1. The largest absolute Gasteiger partial charge is 0.337 e. The monoisotopic (exact) mass is 428 g/mol. The molecule has 160 valence electrons. The molecule has 0 unspecified atom stereocenters. The minimum atomic E-state index is -0.524. The lowest BCUT2D eigenvalue weighted by atomic mass is 10.2. The van der Waals surface area contributed by atoms with Crippen molar-refractivity contribution in [1.82, 2.24) is 9.55 Å². The van der Waals surface area contributed by atoms with Crippen molar-refractivity contribution in [3.8, 4) is 0 Å². The number of nitrogens with zero attached hydrogens (tertiary/aromatic N) is 4. The number of amides is 1. The number of pyridine rings is 1. The lowest BCUT2D eigenvalue weighted by Gasteiger charge is -2.08. The van der Waals surface area contributed by atoms with E-state index in [9.17, 15) is 14.9 Å². The molecule has 2 aromatic carbocycles. The summed E-state index contributed by atoms with van der Waals surface area (Å²) in [5, 5.41) is 19.0. The van der Waals surface area contributed by atoms with Crippen LogP contribution >= 0.6 is 0 Å². The Labute approximate surface area is 183 Å². The Morgan fingerprint density at radius 2 is 2.03 bits per heavy atom. The van der Waals surface area contributed by atoms with Gasteiger partial charge < -0.3 is 9.88 Å². The second-order valence-corrected chi connectivity index (χ2v) is 7.15. The fourth-order valence-electron chi connectivity index (χ4n) is 3.38. The van der Waals surface area contributed by atoms with E-state index in [4.69, 9.17) is 0 Å². The molecule has 0 radical (unpaired) electrons. The number of rotatable bonds is 7. The number of carbonyl (C=O) groups is 1. The molecule has 4 rings (SSSR count). The fourth-order valence-corrected chi connectivity index (χ4v) is 3.38. The standard InChI is InChI=1S/C23H20N6O3/c1-16-6-4-7-18(12-16)26-22(30)15-28-14-17(19-8-2-3-9-20(19)28)13-25-27-23-21(29(31)32)10-5-11-24-23/h2-14H,15H2,1H3,(H,24,27)(H,26,30)/b25-13-. The van der Waals surface area contributed by atoms with Crippen LogP contribution in [0.15, 0.2) is 78.2 Å². The van der Waals surface area contributed by atoms with E-state index in [-0.39, 0.29) is 24.0 Å². The smallest absolute Gasteiger partial charge is 0.313 e. The molecule has 0 atom stereocenters. The molecular weight excluding hydrogens is 408 g/mol. The minimum absolute atomic E-state index is 0.0509. The molecule has 0 saturated carbocycles.